The molecule has 1 saturated carbocycles. The second-order valence-electron chi connectivity index (χ2n) is 6.64. The highest BCUT2D eigenvalue weighted by Crippen LogP contribution is 2.18. The Kier molecular flexibility index (Phi) is 5.86. The predicted molar refractivity (Wildman–Crippen MR) is 92.1 cm³/mol. The topological polar surface area (TPSA) is 58.6 Å². The largest absolute Gasteiger partial charge is 0.378 e. The fourth-order valence-electron chi connectivity index (χ4n) is 3.41. The van der Waals surface area contributed by atoms with Crippen LogP contribution in [-0.4, -0.2) is 49.1 Å². The van der Waals surface area contributed by atoms with Crippen molar-refractivity contribution in [2.24, 2.45) is 0 Å². The molecule has 1 saturated heterocycles. The minimum Gasteiger partial charge on any atom is -0.378 e. The number of ether oxygens (including phenoxy) is 1. The second kappa shape index (κ2) is 8.29. The lowest BCUT2D eigenvalue weighted by molar-refractivity contribution is 0.0303. The van der Waals surface area contributed by atoms with E-state index in [1.54, 1.807) is 29.2 Å². The quantitative estimate of drug-likeness (QED) is 0.867. The van der Waals surface area contributed by atoms with Gasteiger partial charge in [-0.15, -0.1) is 0 Å². The van der Waals surface area contributed by atoms with Gasteiger partial charge in [-0.1, -0.05) is 25.7 Å². The van der Waals surface area contributed by atoms with Crippen LogP contribution in [0.15, 0.2) is 24.3 Å². The zero-order chi connectivity index (χ0) is 16.8. The van der Waals surface area contributed by atoms with Crippen LogP contribution < -0.4 is 5.32 Å². The van der Waals surface area contributed by atoms with Crippen LogP contribution in [-0.2, 0) is 4.74 Å². The van der Waals surface area contributed by atoms with Gasteiger partial charge in [-0.25, -0.2) is 0 Å². The summed E-state index contributed by atoms with van der Waals surface area (Å²) in [6, 6.07) is 7.29. The van der Waals surface area contributed by atoms with Crippen LogP contribution in [0.5, 0.6) is 0 Å². The number of carbonyl (C=O) groups excluding carboxylic acids is 2. The van der Waals surface area contributed by atoms with Crippen molar-refractivity contribution in [2.75, 3.05) is 26.3 Å². The highest BCUT2D eigenvalue weighted by Gasteiger charge is 2.19. The van der Waals surface area contributed by atoms with Crippen molar-refractivity contribution in [3.8, 4) is 0 Å². The third kappa shape index (κ3) is 4.35. The second-order valence-corrected chi connectivity index (χ2v) is 6.64. The molecule has 0 bridgehead atoms. The van der Waals surface area contributed by atoms with Crippen LogP contribution in [0.25, 0.3) is 0 Å². The number of hydrogen-bond acceptors (Lipinski definition) is 3. The molecule has 0 radical (unpaired) electrons. The molecule has 24 heavy (non-hydrogen) atoms. The summed E-state index contributed by atoms with van der Waals surface area (Å²) < 4.78 is 5.27. The Morgan fingerprint density at radius 1 is 0.917 bits per heavy atom. The first kappa shape index (κ1) is 17.0. The standard InChI is InChI=1S/C19H26N2O3/c22-18(20-17-5-3-1-2-4-6-17)15-7-9-16(10-8-15)19(23)21-11-13-24-14-12-21/h7-10,17H,1-6,11-14H2,(H,20,22). The van der Waals surface area contributed by atoms with Crippen LogP contribution in [0.2, 0.25) is 0 Å². The van der Waals surface area contributed by atoms with Gasteiger partial charge in [0.2, 0.25) is 0 Å². The molecule has 0 aromatic heterocycles. The lowest BCUT2D eigenvalue weighted by Crippen LogP contribution is -2.40. The van der Waals surface area contributed by atoms with Crippen molar-refractivity contribution in [3.05, 3.63) is 35.4 Å². The Hall–Kier alpha value is -1.88. The maximum Gasteiger partial charge on any atom is 0.254 e. The monoisotopic (exact) mass is 330 g/mol. The Labute approximate surface area is 143 Å². The molecule has 2 amide bonds. The van der Waals surface area contributed by atoms with Gasteiger partial charge in [-0.2, -0.15) is 0 Å². The van der Waals surface area contributed by atoms with Gasteiger partial charge < -0.3 is 15.0 Å². The molecule has 1 aromatic rings. The normalized spacial score (nSPS) is 19.6. The Balaban J connectivity index is 1.58. The number of carbonyl (C=O) groups is 2. The summed E-state index contributed by atoms with van der Waals surface area (Å²) in [5, 5.41) is 3.14. The van der Waals surface area contributed by atoms with Crippen LogP contribution >= 0.6 is 0 Å². The minimum atomic E-state index is -0.0349. The van der Waals surface area contributed by atoms with Gasteiger partial charge in [0.05, 0.1) is 13.2 Å². The summed E-state index contributed by atoms with van der Waals surface area (Å²) in [6.45, 7) is 2.44. The molecule has 0 atom stereocenters. The van der Waals surface area contributed by atoms with Crippen LogP contribution in [0.4, 0.5) is 0 Å². The molecular weight excluding hydrogens is 304 g/mol. The van der Waals surface area contributed by atoms with E-state index in [0.717, 1.165) is 12.8 Å². The Morgan fingerprint density at radius 3 is 2.12 bits per heavy atom. The van der Waals surface area contributed by atoms with Gasteiger partial charge >= 0.3 is 0 Å². The molecule has 130 valence electrons. The first-order valence-electron chi connectivity index (χ1n) is 9.02. The van der Waals surface area contributed by atoms with Crippen molar-refractivity contribution in [1.29, 1.82) is 0 Å². The van der Waals surface area contributed by atoms with Crippen molar-refractivity contribution >= 4 is 11.8 Å². The van der Waals surface area contributed by atoms with Gasteiger partial charge in [0.25, 0.3) is 11.8 Å². The Morgan fingerprint density at radius 2 is 1.50 bits per heavy atom. The average Bonchev–Trinajstić information content (AvgIpc) is 2.90. The van der Waals surface area contributed by atoms with E-state index in [1.807, 2.05) is 0 Å². The van der Waals surface area contributed by atoms with E-state index in [4.69, 9.17) is 4.74 Å². The summed E-state index contributed by atoms with van der Waals surface area (Å²) in [4.78, 5) is 26.6. The molecule has 0 spiro atoms. The lowest BCUT2D eigenvalue weighted by Gasteiger charge is -2.26. The number of amides is 2. The lowest BCUT2D eigenvalue weighted by atomic mass is 10.1. The van der Waals surface area contributed by atoms with Crippen molar-refractivity contribution < 1.29 is 14.3 Å². The summed E-state index contributed by atoms with van der Waals surface area (Å²) in [7, 11) is 0. The van der Waals surface area contributed by atoms with Gasteiger partial charge in [0, 0.05) is 30.3 Å². The van der Waals surface area contributed by atoms with E-state index in [0.29, 0.717) is 37.4 Å². The third-order valence-corrected chi connectivity index (χ3v) is 4.88. The SMILES string of the molecule is O=C(NC1CCCCCC1)c1ccc(C(=O)N2CCOCC2)cc1. The number of hydrogen-bond donors (Lipinski definition) is 1. The summed E-state index contributed by atoms with van der Waals surface area (Å²) in [5.74, 6) is -0.0266. The zero-order valence-corrected chi connectivity index (χ0v) is 14.1. The van der Waals surface area contributed by atoms with Crippen molar-refractivity contribution in [3.63, 3.8) is 0 Å². The maximum atomic E-state index is 12.4. The molecule has 1 aromatic carbocycles. The number of benzene rings is 1. The predicted octanol–water partition coefficient (Wildman–Crippen LogP) is 2.61. The maximum absolute atomic E-state index is 12.4. The summed E-state index contributed by atoms with van der Waals surface area (Å²) in [5.41, 5.74) is 1.25. The molecule has 1 aliphatic heterocycles. The number of nitrogens with zero attached hydrogens (tertiary/aromatic N) is 1. The smallest absolute Gasteiger partial charge is 0.254 e. The molecule has 1 heterocycles. The van der Waals surface area contributed by atoms with E-state index >= 15 is 0 Å². The van der Waals surface area contributed by atoms with Crippen molar-refractivity contribution in [1.82, 2.24) is 10.2 Å². The van der Waals surface area contributed by atoms with E-state index < -0.39 is 0 Å². The number of rotatable bonds is 3. The molecule has 0 unspecified atom stereocenters. The first-order valence-corrected chi connectivity index (χ1v) is 9.02. The van der Waals surface area contributed by atoms with Crippen LogP contribution in [0.1, 0.15) is 59.2 Å². The molecule has 1 aliphatic carbocycles. The molecule has 5 nitrogen and oxygen atoms in total. The summed E-state index contributed by atoms with van der Waals surface area (Å²) >= 11 is 0. The highest BCUT2D eigenvalue weighted by molar-refractivity contribution is 5.98. The minimum absolute atomic E-state index is 0.00836. The molecule has 1 N–H and O–H groups in total. The first-order chi connectivity index (χ1) is 11.7. The van der Waals surface area contributed by atoms with E-state index in [9.17, 15) is 9.59 Å². The molecule has 2 fully saturated rings. The van der Waals surface area contributed by atoms with Crippen LogP contribution in [0, 0.1) is 0 Å². The highest BCUT2D eigenvalue weighted by atomic mass is 16.5. The molecular formula is C19H26N2O3. The molecule has 2 aliphatic rings. The van der Waals surface area contributed by atoms with Crippen molar-refractivity contribution in [2.45, 2.75) is 44.6 Å². The fourth-order valence-corrected chi connectivity index (χ4v) is 3.41. The van der Waals surface area contributed by atoms with Gasteiger partial charge in [0.1, 0.15) is 0 Å². The third-order valence-electron chi connectivity index (χ3n) is 4.88. The van der Waals surface area contributed by atoms with E-state index in [-0.39, 0.29) is 17.9 Å². The molecule has 3 rings (SSSR count). The fraction of sp³-hybridized carbons (Fsp3) is 0.579. The average molecular weight is 330 g/mol. The van der Waals surface area contributed by atoms with Gasteiger partial charge in [-0.05, 0) is 37.1 Å². The van der Waals surface area contributed by atoms with Gasteiger partial charge in [-0.3, -0.25) is 9.59 Å². The van der Waals surface area contributed by atoms with E-state index in [2.05, 4.69) is 5.32 Å². The summed E-state index contributed by atoms with van der Waals surface area (Å²) in [6.07, 6.45) is 7.06. The zero-order valence-electron chi connectivity index (χ0n) is 14.1. The Bertz CT molecular complexity index is 556. The number of nitrogens with one attached hydrogen (secondary N) is 1. The van der Waals surface area contributed by atoms with Gasteiger partial charge in [0.15, 0.2) is 0 Å². The molecule has 5 heteroatoms. The number of morpholine rings is 1. The van der Waals surface area contributed by atoms with Crippen LogP contribution in [0.3, 0.4) is 0 Å². The van der Waals surface area contributed by atoms with E-state index in [1.165, 1.54) is 25.7 Å².